The maximum Gasteiger partial charge on any atom is 0.266 e. The molecule has 0 amide bonds. The highest BCUT2D eigenvalue weighted by molar-refractivity contribution is 8.13. The first kappa shape index (κ1) is 12.1. The van der Waals surface area contributed by atoms with Crippen LogP contribution in [-0.2, 0) is 9.05 Å². The molecule has 1 aromatic rings. The predicted octanol–water partition coefficient (Wildman–Crippen LogP) is 1.67. The molecule has 1 heterocycles. The summed E-state index contributed by atoms with van der Waals surface area (Å²) in [4.78, 5) is 1.75. The van der Waals surface area contributed by atoms with Crippen molar-refractivity contribution in [1.82, 2.24) is 4.98 Å². The van der Waals surface area contributed by atoms with Gasteiger partial charge < -0.3 is 5.73 Å². The molecule has 0 aromatic carbocycles. The van der Waals surface area contributed by atoms with Crippen LogP contribution in [0.2, 0.25) is 0 Å². The molecule has 0 aliphatic carbocycles. The lowest BCUT2D eigenvalue weighted by Crippen LogP contribution is -2.07. The van der Waals surface area contributed by atoms with E-state index < -0.39 is 37.6 Å². The van der Waals surface area contributed by atoms with Gasteiger partial charge in [-0.05, 0) is 0 Å². The van der Waals surface area contributed by atoms with Crippen LogP contribution in [0.4, 0.5) is 18.9 Å². The average Bonchev–Trinajstić information content (AvgIpc) is 2.06. The van der Waals surface area contributed by atoms with Crippen molar-refractivity contribution in [3.63, 3.8) is 0 Å². The third-order valence-electron chi connectivity index (χ3n) is 1.52. The molecule has 2 N–H and O–H groups in total. The first-order valence-corrected chi connectivity index (χ1v) is 5.72. The Balaban J connectivity index is 3.65. The van der Waals surface area contributed by atoms with Crippen LogP contribution in [0.25, 0.3) is 0 Å². The maximum atomic E-state index is 12.7. The van der Waals surface area contributed by atoms with E-state index in [4.69, 9.17) is 16.4 Å². The van der Waals surface area contributed by atoms with Gasteiger partial charge in [-0.2, -0.15) is 4.39 Å². The summed E-state index contributed by atoms with van der Waals surface area (Å²) in [6, 6.07) is 0. The second-order valence-electron chi connectivity index (χ2n) is 2.49. The number of nitrogen functional groups attached to an aromatic ring is 1. The quantitative estimate of drug-likeness (QED) is 0.648. The zero-order chi connectivity index (χ0) is 11.8. The summed E-state index contributed by atoms with van der Waals surface area (Å²) in [7, 11) is 0.305. The van der Waals surface area contributed by atoms with E-state index in [9.17, 15) is 21.6 Å². The molecule has 84 valence electrons. The highest BCUT2D eigenvalue weighted by Crippen LogP contribution is 2.33. The number of nitrogens with two attached hydrogens (primary N) is 1. The number of alkyl halides is 2. The standard InChI is InChI=1S/C6H4ClF3N2O2S/c7-15(13,14)4-2(5(8)9)1-12-6(10)3(4)11/h1,5H,11H2. The normalized spacial score (nSPS) is 12.1. The number of halogens is 4. The zero-order valence-electron chi connectivity index (χ0n) is 6.92. The first-order chi connectivity index (χ1) is 6.75. The second-order valence-corrected chi connectivity index (χ2v) is 4.99. The van der Waals surface area contributed by atoms with Crippen molar-refractivity contribution >= 4 is 25.4 Å². The molecule has 4 nitrogen and oxygen atoms in total. The molecule has 1 aromatic heterocycles. The number of nitrogens with zero attached hydrogens (tertiary/aromatic N) is 1. The van der Waals surface area contributed by atoms with Gasteiger partial charge >= 0.3 is 0 Å². The van der Waals surface area contributed by atoms with Crippen LogP contribution in [-0.4, -0.2) is 13.4 Å². The minimum Gasteiger partial charge on any atom is -0.394 e. The SMILES string of the molecule is Nc1c(F)ncc(C(F)F)c1S(=O)(=O)Cl. The molecule has 0 saturated heterocycles. The van der Waals surface area contributed by atoms with Crippen molar-refractivity contribution in [2.45, 2.75) is 11.3 Å². The van der Waals surface area contributed by atoms with Gasteiger partial charge in [0, 0.05) is 16.9 Å². The van der Waals surface area contributed by atoms with Crippen LogP contribution < -0.4 is 5.73 Å². The molecule has 0 fully saturated rings. The van der Waals surface area contributed by atoms with E-state index in [1.165, 1.54) is 0 Å². The van der Waals surface area contributed by atoms with E-state index in [1.807, 2.05) is 0 Å². The van der Waals surface area contributed by atoms with Gasteiger partial charge in [0.05, 0.1) is 5.56 Å². The fourth-order valence-electron chi connectivity index (χ4n) is 0.931. The molecule has 0 unspecified atom stereocenters. The second kappa shape index (κ2) is 3.86. The van der Waals surface area contributed by atoms with Crippen LogP contribution in [0.3, 0.4) is 0 Å². The molecule has 1 rings (SSSR count). The predicted molar refractivity (Wildman–Crippen MR) is 46.6 cm³/mol. The smallest absolute Gasteiger partial charge is 0.266 e. The van der Waals surface area contributed by atoms with Gasteiger partial charge in [0.2, 0.25) is 5.95 Å². The van der Waals surface area contributed by atoms with Crippen LogP contribution >= 0.6 is 10.7 Å². The van der Waals surface area contributed by atoms with Gasteiger partial charge in [0.25, 0.3) is 15.5 Å². The van der Waals surface area contributed by atoms with Crippen molar-refractivity contribution in [2.75, 3.05) is 5.73 Å². The zero-order valence-corrected chi connectivity index (χ0v) is 8.49. The van der Waals surface area contributed by atoms with Crippen LogP contribution in [0, 0.1) is 5.95 Å². The third-order valence-corrected chi connectivity index (χ3v) is 2.93. The van der Waals surface area contributed by atoms with Crippen molar-refractivity contribution in [1.29, 1.82) is 0 Å². The summed E-state index contributed by atoms with van der Waals surface area (Å²) < 4.78 is 59.2. The summed E-state index contributed by atoms with van der Waals surface area (Å²) in [5, 5.41) is 0. The molecule has 0 bridgehead atoms. The lowest BCUT2D eigenvalue weighted by Gasteiger charge is -2.08. The van der Waals surface area contributed by atoms with Crippen molar-refractivity contribution in [2.24, 2.45) is 0 Å². The van der Waals surface area contributed by atoms with Crippen LogP contribution in [0.15, 0.2) is 11.1 Å². The number of hydrogen-bond donors (Lipinski definition) is 1. The Bertz CT molecular complexity index is 491. The Kier molecular flexibility index (Phi) is 3.10. The number of aromatic nitrogens is 1. The fraction of sp³-hybridized carbons (Fsp3) is 0.167. The Morgan fingerprint density at radius 2 is 2.00 bits per heavy atom. The molecule has 0 radical (unpaired) electrons. The minimum atomic E-state index is -4.54. The molecule has 0 aliphatic heterocycles. The lowest BCUT2D eigenvalue weighted by molar-refractivity contribution is 0.147. The van der Waals surface area contributed by atoms with Crippen molar-refractivity contribution in [3.05, 3.63) is 17.7 Å². The lowest BCUT2D eigenvalue weighted by atomic mass is 10.2. The summed E-state index contributed by atoms with van der Waals surface area (Å²) in [6.07, 6.45) is -2.78. The fourth-order valence-corrected chi connectivity index (χ4v) is 2.22. The highest BCUT2D eigenvalue weighted by Gasteiger charge is 2.27. The molecule has 15 heavy (non-hydrogen) atoms. The van der Waals surface area contributed by atoms with E-state index in [-0.39, 0.29) is 0 Å². The van der Waals surface area contributed by atoms with Gasteiger partial charge in [0.15, 0.2) is 0 Å². The molecule has 0 aliphatic rings. The van der Waals surface area contributed by atoms with Gasteiger partial charge in [0.1, 0.15) is 10.6 Å². The largest absolute Gasteiger partial charge is 0.394 e. The molecular weight excluding hydrogens is 257 g/mol. The molecule has 0 spiro atoms. The molecule has 0 atom stereocenters. The Hall–Kier alpha value is -1.02. The number of rotatable bonds is 2. The topological polar surface area (TPSA) is 73.0 Å². The van der Waals surface area contributed by atoms with Gasteiger partial charge in [-0.15, -0.1) is 0 Å². The monoisotopic (exact) mass is 260 g/mol. The Morgan fingerprint density at radius 1 is 1.47 bits per heavy atom. The van der Waals surface area contributed by atoms with E-state index in [2.05, 4.69) is 4.98 Å². The van der Waals surface area contributed by atoms with E-state index in [0.29, 0.717) is 6.20 Å². The summed E-state index contributed by atoms with van der Waals surface area (Å²) >= 11 is 0. The number of pyridine rings is 1. The molecular formula is C6H4ClF3N2O2S. The maximum absolute atomic E-state index is 12.7. The van der Waals surface area contributed by atoms with Crippen molar-refractivity contribution in [3.8, 4) is 0 Å². The van der Waals surface area contributed by atoms with E-state index in [1.54, 1.807) is 0 Å². The third kappa shape index (κ3) is 2.32. The first-order valence-electron chi connectivity index (χ1n) is 3.42. The van der Waals surface area contributed by atoms with Crippen molar-refractivity contribution < 1.29 is 21.6 Å². The van der Waals surface area contributed by atoms with Gasteiger partial charge in [-0.25, -0.2) is 22.2 Å². The Labute approximate surface area is 87.3 Å². The molecule has 9 heteroatoms. The average molecular weight is 261 g/mol. The number of anilines is 1. The van der Waals surface area contributed by atoms with Gasteiger partial charge in [-0.3, -0.25) is 0 Å². The summed E-state index contributed by atoms with van der Waals surface area (Å²) in [5.74, 6) is -1.36. The summed E-state index contributed by atoms with van der Waals surface area (Å²) in [6.45, 7) is 0. The van der Waals surface area contributed by atoms with E-state index in [0.717, 1.165) is 0 Å². The van der Waals surface area contributed by atoms with E-state index >= 15 is 0 Å². The van der Waals surface area contributed by atoms with Crippen LogP contribution in [0.1, 0.15) is 12.0 Å². The molecule has 0 saturated carbocycles. The van der Waals surface area contributed by atoms with Crippen LogP contribution in [0.5, 0.6) is 0 Å². The number of hydrogen-bond acceptors (Lipinski definition) is 4. The Morgan fingerprint density at radius 3 is 2.40 bits per heavy atom. The highest BCUT2D eigenvalue weighted by atomic mass is 35.7. The van der Waals surface area contributed by atoms with Gasteiger partial charge in [-0.1, -0.05) is 0 Å². The minimum absolute atomic E-state index is 0.381. The summed E-state index contributed by atoms with van der Waals surface area (Å²) in [5.41, 5.74) is 2.94.